The minimum absolute atomic E-state index is 0.150. The van der Waals surface area contributed by atoms with Crippen LogP contribution in [0.2, 0.25) is 0 Å². The van der Waals surface area contributed by atoms with E-state index in [0.29, 0.717) is 6.54 Å². The quantitative estimate of drug-likeness (QED) is 0.636. The Kier molecular flexibility index (Phi) is 2.99. The van der Waals surface area contributed by atoms with Crippen molar-refractivity contribution in [1.29, 1.82) is 0 Å². The molecule has 0 saturated heterocycles. The van der Waals surface area contributed by atoms with Gasteiger partial charge in [0.2, 0.25) is 0 Å². The predicted octanol–water partition coefficient (Wildman–Crippen LogP) is 2.93. The van der Waals surface area contributed by atoms with E-state index in [4.69, 9.17) is 0 Å². The number of nitro groups is 1. The van der Waals surface area contributed by atoms with Gasteiger partial charge in [0.05, 0.1) is 4.92 Å². The topological polar surface area (TPSA) is 55.2 Å². The highest BCUT2D eigenvalue weighted by atomic mass is 32.1. The molecule has 0 spiro atoms. The Hall–Kier alpha value is -0.940. The van der Waals surface area contributed by atoms with Crippen LogP contribution in [0.5, 0.6) is 0 Å². The van der Waals surface area contributed by atoms with E-state index in [1.165, 1.54) is 24.2 Å². The van der Waals surface area contributed by atoms with Crippen LogP contribution in [-0.2, 0) is 6.54 Å². The van der Waals surface area contributed by atoms with E-state index in [1.807, 2.05) is 5.38 Å². The van der Waals surface area contributed by atoms with Crippen molar-refractivity contribution < 1.29 is 4.92 Å². The summed E-state index contributed by atoms with van der Waals surface area (Å²) in [6.07, 6.45) is 2.59. The van der Waals surface area contributed by atoms with E-state index in [1.54, 1.807) is 6.07 Å². The summed E-state index contributed by atoms with van der Waals surface area (Å²) < 4.78 is 0. The molecule has 16 heavy (non-hydrogen) atoms. The van der Waals surface area contributed by atoms with Crippen molar-refractivity contribution in [3.05, 3.63) is 27.1 Å². The summed E-state index contributed by atoms with van der Waals surface area (Å²) in [6.45, 7) is 5.12. The molecule has 1 N–H and O–H groups in total. The van der Waals surface area contributed by atoms with Crippen LogP contribution in [0.15, 0.2) is 11.4 Å². The first-order valence-corrected chi connectivity index (χ1v) is 6.34. The van der Waals surface area contributed by atoms with Crippen LogP contribution in [0.3, 0.4) is 0 Å². The molecule has 4 nitrogen and oxygen atoms in total. The minimum atomic E-state index is -0.333. The van der Waals surface area contributed by atoms with Gasteiger partial charge in [-0.25, -0.2) is 0 Å². The number of nitrogens with one attached hydrogen (secondary N) is 1. The fourth-order valence-corrected chi connectivity index (χ4v) is 2.56. The van der Waals surface area contributed by atoms with Crippen molar-refractivity contribution in [2.75, 3.05) is 0 Å². The third kappa shape index (κ3) is 2.59. The molecule has 0 aliphatic heterocycles. The first kappa shape index (κ1) is 11.5. The summed E-state index contributed by atoms with van der Waals surface area (Å²) >= 11 is 1.19. The van der Waals surface area contributed by atoms with Crippen molar-refractivity contribution in [2.24, 2.45) is 5.92 Å². The summed E-state index contributed by atoms with van der Waals surface area (Å²) in [5.74, 6) is 0.765. The zero-order chi connectivity index (χ0) is 11.8. The monoisotopic (exact) mass is 240 g/mol. The maximum atomic E-state index is 10.5. The molecule has 1 aliphatic carbocycles. The smallest absolute Gasteiger partial charge is 0.307 e. The second-order valence-electron chi connectivity index (χ2n) is 4.90. The Morgan fingerprint density at radius 3 is 2.81 bits per heavy atom. The van der Waals surface area contributed by atoms with Crippen molar-refractivity contribution in [2.45, 2.75) is 38.8 Å². The van der Waals surface area contributed by atoms with Crippen molar-refractivity contribution in [3.8, 4) is 0 Å². The molecule has 2 rings (SSSR count). The second-order valence-corrected chi connectivity index (χ2v) is 5.79. The summed E-state index contributed by atoms with van der Waals surface area (Å²) in [4.78, 5) is 10.2. The second kappa shape index (κ2) is 4.14. The number of nitrogens with zero attached hydrogens (tertiary/aromatic N) is 1. The molecule has 0 aromatic carbocycles. The third-order valence-electron chi connectivity index (χ3n) is 3.17. The maximum Gasteiger partial charge on any atom is 0.324 e. The molecule has 0 radical (unpaired) electrons. The van der Waals surface area contributed by atoms with Gasteiger partial charge < -0.3 is 5.32 Å². The van der Waals surface area contributed by atoms with Crippen LogP contribution in [0.1, 0.15) is 32.3 Å². The fourth-order valence-electron chi connectivity index (χ4n) is 1.83. The first-order chi connectivity index (χ1) is 7.49. The molecule has 0 unspecified atom stereocenters. The van der Waals surface area contributed by atoms with Gasteiger partial charge in [0, 0.05) is 23.5 Å². The summed E-state index contributed by atoms with van der Waals surface area (Å²) in [5.41, 5.74) is 1.15. The van der Waals surface area contributed by atoms with E-state index >= 15 is 0 Å². The van der Waals surface area contributed by atoms with Gasteiger partial charge in [-0.3, -0.25) is 10.1 Å². The van der Waals surface area contributed by atoms with Gasteiger partial charge in [0.15, 0.2) is 0 Å². The molecule has 0 bridgehead atoms. The van der Waals surface area contributed by atoms with Gasteiger partial charge >= 0.3 is 5.00 Å². The lowest BCUT2D eigenvalue weighted by Gasteiger charge is -2.25. The Balaban J connectivity index is 1.91. The Morgan fingerprint density at radius 2 is 2.31 bits per heavy atom. The molecule has 1 aromatic heterocycles. The number of hydrogen-bond acceptors (Lipinski definition) is 4. The average molecular weight is 240 g/mol. The van der Waals surface area contributed by atoms with Gasteiger partial charge in [-0.05, 0) is 38.2 Å². The zero-order valence-corrected chi connectivity index (χ0v) is 10.3. The molecule has 1 heterocycles. The maximum absolute atomic E-state index is 10.5. The lowest BCUT2D eigenvalue weighted by Crippen LogP contribution is -2.40. The van der Waals surface area contributed by atoms with E-state index in [9.17, 15) is 10.1 Å². The Labute approximate surface area is 98.8 Å². The van der Waals surface area contributed by atoms with Gasteiger partial charge in [-0.2, -0.15) is 0 Å². The molecule has 1 fully saturated rings. The molecule has 1 aliphatic rings. The third-order valence-corrected chi connectivity index (χ3v) is 4.09. The van der Waals surface area contributed by atoms with Crippen molar-refractivity contribution in [1.82, 2.24) is 5.32 Å². The highest BCUT2D eigenvalue weighted by Crippen LogP contribution is 2.39. The average Bonchev–Trinajstić information content (AvgIpc) is 2.95. The number of rotatable bonds is 5. The van der Waals surface area contributed by atoms with Crippen molar-refractivity contribution >= 4 is 16.3 Å². The highest BCUT2D eigenvalue weighted by molar-refractivity contribution is 7.13. The molecular weight excluding hydrogens is 224 g/mol. The zero-order valence-electron chi connectivity index (χ0n) is 9.53. The van der Waals surface area contributed by atoms with Crippen LogP contribution < -0.4 is 5.32 Å². The Bertz CT molecular complexity index is 396. The van der Waals surface area contributed by atoms with Gasteiger partial charge in [0.1, 0.15) is 0 Å². The number of thiophene rings is 1. The van der Waals surface area contributed by atoms with Crippen LogP contribution in [0.4, 0.5) is 5.00 Å². The van der Waals surface area contributed by atoms with Gasteiger partial charge in [-0.15, -0.1) is 0 Å². The summed E-state index contributed by atoms with van der Waals surface area (Å²) in [6, 6.07) is 1.65. The van der Waals surface area contributed by atoms with Gasteiger partial charge in [-0.1, -0.05) is 11.3 Å². The lowest BCUT2D eigenvalue weighted by atomic mass is 9.98. The van der Waals surface area contributed by atoms with Crippen molar-refractivity contribution in [3.63, 3.8) is 0 Å². The van der Waals surface area contributed by atoms with Crippen LogP contribution in [-0.4, -0.2) is 10.5 Å². The largest absolute Gasteiger partial charge is 0.324 e. The van der Waals surface area contributed by atoms with E-state index in [0.717, 1.165) is 11.5 Å². The molecule has 5 heteroatoms. The Morgan fingerprint density at radius 1 is 1.62 bits per heavy atom. The molecule has 88 valence electrons. The van der Waals surface area contributed by atoms with E-state index in [-0.39, 0.29) is 15.5 Å². The van der Waals surface area contributed by atoms with Crippen LogP contribution in [0.25, 0.3) is 0 Å². The standard InChI is InChI=1S/C11H16N2O2S/c1-11(2,9-3-4-9)12-6-8-5-10(13(14)15)16-7-8/h5,7,9,12H,3-4,6H2,1-2H3. The molecule has 0 amide bonds. The highest BCUT2D eigenvalue weighted by Gasteiger charge is 2.37. The fraction of sp³-hybridized carbons (Fsp3) is 0.636. The summed E-state index contributed by atoms with van der Waals surface area (Å²) in [7, 11) is 0. The molecule has 1 aromatic rings. The molecular formula is C11H16N2O2S. The SMILES string of the molecule is CC(C)(NCc1csc([N+](=O)[O-])c1)C1CC1. The van der Waals surface area contributed by atoms with E-state index < -0.39 is 0 Å². The molecule has 1 saturated carbocycles. The van der Waals surface area contributed by atoms with Crippen LogP contribution >= 0.6 is 11.3 Å². The first-order valence-electron chi connectivity index (χ1n) is 5.46. The molecule has 0 atom stereocenters. The minimum Gasteiger partial charge on any atom is -0.307 e. The lowest BCUT2D eigenvalue weighted by molar-refractivity contribution is -0.380. The summed E-state index contributed by atoms with van der Waals surface area (Å²) in [5, 5.41) is 16.1. The van der Waals surface area contributed by atoms with E-state index in [2.05, 4.69) is 19.2 Å². The van der Waals surface area contributed by atoms with Crippen LogP contribution in [0, 0.1) is 16.0 Å². The van der Waals surface area contributed by atoms with Gasteiger partial charge in [0.25, 0.3) is 0 Å². The predicted molar refractivity (Wildman–Crippen MR) is 64.6 cm³/mol. The number of hydrogen-bond donors (Lipinski definition) is 1. The normalized spacial score (nSPS) is 16.4.